The number of likely N-dealkylation sites (tertiary alicyclic amines) is 1. The van der Waals surface area contributed by atoms with Crippen LogP contribution in [0.5, 0.6) is 17.2 Å². The number of ether oxygens (including phenoxy) is 3. The van der Waals surface area contributed by atoms with Crippen molar-refractivity contribution in [3.8, 4) is 17.2 Å². The number of nitrogens with zero attached hydrogens (tertiary/aromatic N) is 1. The minimum absolute atomic E-state index is 0.0140. The molecule has 1 amide bonds. The monoisotopic (exact) mass is 336 g/mol. The maximum absolute atomic E-state index is 12.9. The molecule has 1 aromatic rings. The van der Waals surface area contributed by atoms with Crippen molar-refractivity contribution in [2.45, 2.75) is 19.3 Å². The SMILES string of the molecule is CNCCC1CCN(C(=O)c2ccc(OC)c(OC)c2OC)CC1. The molecule has 1 aliphatic rings. The Kier molecular flexibility index (Phi) is 6.73. The van der Waals surface area contributed by atoms with Gasteiger partial charge in [-0.1, -0.05) is 0 Å². The first-order valence-corrected chi connectivity index (χ1v) is 8.39. The van der Waals surface area contributed by atoms with E-state index in [9.17, 15) is 4.79 Å². The molecule has 134 valence electrons. The Labute approximate surface area is 144 Å². The fourth-order valence-electron chi connectivity index (χ4n) is 3.21. The van der Waals surface area contributed by atoms with E-state index >= 15 is 0 Å². The standard InChI is InChI=1S/C18H28N2O4/c1-19-10-7-13-8-11-20(12-9-13)18(21)14-5-6-15(22-2)17(24-4)16(14)23-3/h5-6,13,19H,7-12H2,1-4H3. The van der Waals surface area contributed by atoms with E-state index in [1.165, 1.54) is 7.11 Å². The highest BCUT2D eigenvalue weighted by molar-refractivity contribution is 5.98. The van der Waals surface area contributed by atoms with Gasteiger partial charge < -0.3 is 24.4 Å². The van der Waals surface area contributed by atoms with E-state index in [4.69, 9.17) is 14.2 Å². The molecular formula is C18H28N2O4. The molecule has 0 atom stereocenters. The fourth-order valence-corrected chi connectivity index (χ4v) is 3.21. The molecule has 0 aliphatic carbocycles. The van der Waals surface area contributed by atoms with E-state index < -0.39 is 0 Å². The van der Waals surface area contributed by atoms with Crippen LogP contribution < -0.4 is 19.5 Å². The van der Waals surface area contributed by atoms with Gasteiger partial charge in [-0.15, -0.1) is 0 Å². The van der Waals surface area contributed by atoms with Crippen molar-refractivity contribution in [2.24, 2.45) is 5.92 Å². The van der Waals surface area contributed by atoms with Crippen LogP contribution >= 0.6 is 0 Å². The lowest BCUT2D eigenvalue weighted by Gasteiger charge is -2.32. The number of hydrogen-bond donors (Lipinski definition) is 1. The molecule has 1 N–H and O–H groups in total. The van der Waals surface area contributed by atoms with Crippen LogP contribution in [-0.4, -0.2) is 58.8 Å². The van der Waals surface area contributed by atoms with E-state index in [1.54, 1.807) is 26.4 Å². The average molecular weight is 336 g/mol. The van der Waals surface area contributed by atoms with Crippen LogP contribution in [0.2, 0.25) is 0 Å². The van der Waals surface area contributed by atoms with E-state index in [-0.39, 0.29) is 5.91 Å². The number of benzene rings is 1. The fraction of sp³-hybridized carbons (Fsp3) is 0.611. The highest BCUT2D eigenvalue weighted by atomic mass is 16.5. The molecule has 1 aromatic carbocycles. The normalized spacial score (nSPS) is 15.2. The highest BCUT2D eigenvalue weighted by Gasteiger charge is 2.27. The van der Waals surface area contributed by atoms with Crippen molar-refractivity contribution >= 4 is 5.91 Å². The van der Waals surface area contributed by atoms with Crippen molar-refractivity contribution in [1.82, 2.24) is 10.2 Å². The van der Waals surface area contributed by atoms with Gasteiger partial charge in [-0.3, -0.25) is 4.79 Å². The summed E-state index contributed by atoms with van der Waals surface area (Å²) in [5.41, 5.74) is 0.517. The second-order valence-electron chi connectivity index (χ2n) is 6.01. The summed E-state index contributed by atoms with van der Waals surface area (Å²) < 4.78 is 16.1. The van der Waals surface area contributed by atoms with Gasteiger partial charge in [-0.05, 0) is 50.9 Å². The van der Waals surface area contributed by atoms with Crippen LogP contribution in [0.1, 0.15) is 29.6 Å². The second kappa shape index (κ2) is 8.78. The van der Waals surface area contributed by atoms with Crippen LogP contribution in [0.3, 0.4) is 0 Å². The molecule has 0 saturated carbocycles. The summed E-state index contributed by atoms with van der Waals surface area (Å²) >= 11 is 0. The Morgan fingerprint density at radius 3 is 2.33 bits per heavy atom. The quantitative estimate of drug-likeness (QED) is 0.827. The number of amides is 1. The van der Waals surface area contributed by atoms with Crippen molar-refractivity contribution < 1.29 is 19.0 Å². The van der Waals surface area contributed by atoms with E-state index in [1.807, 2.05) is 11.9 Å². The summed E-state index contributed by atoms with van der Waals surface area (Å²) in [6.07, 6.45) is 3.25. The highest BCUT2D eigenvalue weighted by Crippen LogP contribution is 2.40. The molecule has 0 radical (unpaired) electrons. The summed E-state index contributed by atoms with van der Waals surface area (Å²) in [5, 5.41) is 3.19. The third-order valence-corrected chi connectivity index (χ3v) is 4.64. The molecule has 0 bridgehead atoms. The number of carbonyl (C=O) groups excluding carboxylic acids is 1. The maximum Gasteiger partial charge on any atom is 0.257 e. The van der Waals surface area contributed by atoms with Gasteiger partial charge in [0.15, 0.2) is 11.5 Å². The molecule has 2 rings (SSSR count). The Balaban J connectivity index is 2.13. The minimum atomic E-state index is -0.0140. The zero-order valence-corrected chi connectivity index (χ0v) is 15.1. The van der Waals surface area contributed by atoms with E-state index in [0.29, 0.717) is 28.7 Å². The van der Waals surface area contributed by atoms with E-state index in [2.05, 4.69) is 5.32 Å². The van der Waals surface area contributed by atoms with Gasteiger partial charge in [0, 0.05) is 13.1 Å². The maximum atomic E-state index is 12.9. The lowest BCUT2D eigenvalue weighted by Crippen LogP contribution is -2.39. The van der Waals surface area contributed by atoms with Crippen molar-refractivity contribution in [3.05, 3.63) is 17.7 Å². The Morgan fingerprint density at radius 1 is 1.12 bits per heavy atom. The molecule has 1 saturated heterocycles. The first-order valence-electron chi connectivity index (χ1n) is 8.39. The molecule has 6 heteroatoms. The molecule has 1 aliphatic heterocycles. The number of carbonyl (C=O) groups is 1. The molecule has 0 unspecified atom stereocenters. The van der Waals surface area contributed by atoms with Gasteiger partial charge in [0.1, 0.15) is 0 Å². The van der Waals surface area contributed by atoms with Gasteiger partial charge in [-0.25, -0.2) is 0 Å². The smallest absolute Gasteiger partial charge is 0.257 e. The number of rotatable bonds is 7. The third kappa shape index (κ3) is 3.93. The predicted octanol–water partition coefficient (Wildman–Crippen LogP) is 2.17. The summed E-state index contributed by atoms with van der Waals surface area (Å²) in [5.74, 6) is 2.11. The number of piperidine rings is 1. The Morgan fingerprint density at radius 2 is 1.79 bits per heavy atom. The van der Waals surface area contributed by atoms with Crippen molar-refractivity contribution in [2.75, 3.05) is 48.0 Å². The van der Waals surface area contributed by atoms with Crippen molar-refractivity contribution in [3.63, 3.8) is 0 Å². The predicted molar refractivity (Wildman–Crippen MR) is 93.3 cm³/mol. The summed E-state index contributed by atoms with van der Waals surface area (Å²) in [6, 6.07) is 3.49. The summed E-state index contributed by atoms with van der Waals surface area (Å²) in [7, 11) is 6.62. The molecule has 0 spiro atoms. The van der Waals surface area contributed by atoms with Gasteiger partial charge >= 0.3 is 0 Å². The molecule has 24 heavy (non-hydrogen) atoms. The zero-order valence-electron chi connectivity index (χ0n) is 15.1. The lowest BCUT2D eigenvalue weighted by atomic mass is 9.93. The second-order valence-corrected chi connectivity index (χ2v) is 6.01. The number of nitrogens with one attached hydrogen (secondary N) is 1. The van der Waals surface area contributed by atoms with Gasteiger partial charge in [0.05, 0.1) is 26.9 Å². The lowest BCUT2D eigenvalue weighted by molar-refractivity contribution is 0.0683. The summed E-state index contributed by atoms with van der Waals surface area (Å²) in [6.45, 7) is 2.59. The van der Waals surface area contributed by atoms with Gasteiger partial charge in [0.25, 0.3) is 5.91 Å². The van der Waals surface area contributed by atoms with Crippen LogP contribution in [0, 0.1) is 5.92 Å². The van der Waals surface area contributed by atoms with Crippen molar-refractivity contribution in [1.29, 1.82) is 0 Å². The molecule has 6 nitrogen and oxygen atoms in total. The topological polar surface area (TPSA) is 60.0 Å². The number of hydrogen-bond acceptors (Lipinski definition) is 5. The first kappa shape index (κ1) is 18.4. The van der Waals surface area contributed by atoms with Crippen LogP contribution in [0.15, 0.2) is 12.1 Å². The van der Waals surface area contributed by atoms with Crippen LogP contribution in [0.25, 0.3) is 0 Å². The molecule has 1 fully saturated rings. The third-order valence-electron chi connectivity index (χ3n) is 4.64. The average Bonchev–Trinajstić information content (AvgIpc) is 2.64. The van der Waals surface area contributed by atoms with Crippen LogP contribution in [0.4, 0.5) is 0 Å². The Bertz CT molecular complexity index is 554. The zero-order chi connectivity index (χ0) is 17.5. The van der Waals surface area contributed by atoms with Gasteiger partial charge in [-0.2, -0.15) is 0 Å². The molecule has 0 aromatic heterocycles. The molecular weight excluding hydrogens is 308 g/mol. The Hall–Kier alpha value is -1.95. The van der Waals surface area contributed by atoms with E-state index in [0.717, 1.165) is 38.9 Å². The molecule has 1 heterocycles. The minimum Gasteiger partial charge on any atom is -0.493 e. The number of methoxy groups -OCH3 is 3. The van der Waals surface area contributed by atoms with Crippen LogP contribution in [-0.2, 0) is 0 Å². The summed E-state index contributed by atoms with van der Waals surface area (Å²) in [4.78, 5) is 14.8. The van der Waals surface area contributed by atoms with Gasteiger partial charge in [0.2, 0.25) is 5.75 Å². The first-order chi connectivity index (χ1) is 11.7. The largest absolute Gasteiger partial charge is 0.493 e.